The number of benzene rings is 2. The normalized spacial score (nSPS) is 25.4. The monoisotopic (exact) mass is 568 g/mol. The number of rotatable bonds is 9. The van der Waals surface area contributed by atoms with Gasteiger partial charge in [-0.25, -0.2) is 12.7 Å². The molecule has 4 atom stereocenters. The Morgan fingerprint density at radius 1 is 1.14 bits per heavy atom. The Bertz CT molecular complexity index is 1280. The highest BCUT2D eigenvalue weighted by Crippen LogP contribution is 2.52. The van der Waals surface area contributed by atoms with Crippen LogP contribution in [0.3, 0.4) is 0 Å². The molecule has 1 aliphatic carbocycles. The van der Waals surface area contributed by atoms with Crippen LogP contribution in [0, 0.1) is 5.41 Å². The molecule has 8 nitrogen and oxygen atoms in total. The second-order valence-electron chi connectivity index (χ2n) is 10.2. The number of carbonyl (C=O) groups excluding carboxylic acids is 1. The molecule has 2 unspecified atom stereocenters. The van der Waals surface area contributed by atoms with Crippen LogP contribution < -0.4 is 0 Å². The Labute approximate surface area is 226 Å². The number of halogens is 2. The Kier molecular flexibility index (Phi) is 7.93. The molecule has 1 amide bonds. The lowest BCUT2D eigenvalue weighted by molar-refractivity contribution is -0.170. The molecule has 1 saturated carbocycles. The summed E-state index contributed by atoms with van der Waals surface area (Å²) in [5, 5.41) is 21.6. The zero-order valence-electron chi connectivity index (χ0n) is 20.5. The van der Waals surface area contributed by atoms with Crippen LogP contribution in [0.25, 0.3) is 0 Å². The van der Waals surface area contributed by atoms with Crippen molar-refractivity contribution in [2.24, 2.45) is 5.41 Å². The summed E-state index contributed by atoms with van der Waals surface area (Å²) in [4.78, 5) is 27.0. The van der Waals surface area contributed by atoms with Crippen molar-refractivity contribution in [1.82, 2.24) is 9.21 Å². The molecule has 2 aromatic carbocycles. The fourth-order valence-corrected chi connectivity index (χ4v) is 7.16. The Hall–Kier alpha value is -2.17. The highest BCUT2D eigenvalue weighted by molar-refractivity contribution is 7.90. The first kappa shape index (κ1) is 27.9. The smallest absolute Gasteiger partial charge is 0.304 e. The molecule has 1 saturated heterocycles. The van der Waals surface area contributed by atoms with Gasteiger partial charge in [-0.2, -0.15) is 0 Å². The van der Waals surface area contributed by atoms with Crippen LogP contribution >= 0.6 is 23.2 Å². The van der Waals surface area contributed by atoms with E-state index in [1.807, 2.05) is 6.07 Å². The van der Waals surface area contributed by atoms with Gasteiger partial charge in [-0.15, -0.1) is 0 Å². The molecule has 1 heterocycles. The number of likely N-dealkylation sites (tertiary alicyclic amines) is 1. The van der Waals surface area contributed by atoms with Crippen LogP contribution in [0.1, 0.15) is 55.7 Å². The number of carbonyl (C=O) groups is 2. The number of carboxylic acids is 1. The van der Waals surface area contributed by atoms with E-state index in [0.717, 1.165) is 9.87 Å². The number of nitrogens with zero attached hydrogens (tertiary/aromatic N) is 2. The summed E-state index contributed by atoms with van der Waals surface area (Å²) >= 11 is 12.4. The van der Waals surface area contributed by atoms with Crippen LogP contribution in [0.15, 0.2) is 48.5 Å². The van der Waals surface area contributed by atoms with Gasteiger partial charge in [0.25, 0.3) is 0 Å². The van der Waals surface area contributed by atoms with Crippen LogP contribution in [0.4, 0.5) is 0 Å². The first-order valence-corrected chi connectivity index (χ1v) is 14.3. The fraction of sp³-hybridized carbons (Fsp3) is 0.462. The van der Waals surface area contributed by atoms with Gasteiger partial charge in [-0.05, 0) is 54.7 Å². The minimum Gasteiger partial charge on any atom is -0.481 e. The fourth-order valence-electron chi connectivity index (χ4n) is 5.25. The molecule has 200 valence electrons. The molecule has 2 N–H and O–H groups in total. The topological polar surface area (TPSA) is 115 Å². The van der Waals surface area contributed by atoms with Gasteiger partial charge in [0.05, 0.1) is 29.7 Å². The number of carboxylic acid groups (broad SMARTS) is 1. The van der Waals surface area contributed by atoms with Crippen molar-refractivity contribution in [2.45, 2.75) is 56.0 Å². The number of sulfonamides is 1. The minimum absolute atomic E-state index is 0.186. The lowest BCUT2D eigenvalue weighted by Crippen LogP contribution is -2.58. The number of aliphatic hydroxyl groups excluding tert-OH is 1. The Balaban J connectivity index is 1.83. The quantitative estimate of drug-likeness (QED) is 0.466. The number of likely N-dealkylation sites (N-methyl/N-ethyl adjacent to an activating group) is 1. The molecule has 1 aliphatic heterocycles. The van der Waals surface area contributed by atoms with Crippen molar-refractivity contribution in [3.63, 3.8) is 0 Å². The van der Waals surface area contributed by atoms with Crippen molar-refractivity contribution in [3.8, 4) is 0 Å². The zero-order valence-corrected chi connectivity index (χ0v) is 22.9. The van der Waals surface area contributed by atoms with E-state index >= 15 is 0 Å². The molecule has 2 aromatic rings. The lowest BCUT2D eigenvalue weighted by Gasteiger charge is -2.50. The van der Waals surface area contributed by atoms with Crippen molar-refractivity contribution in [1.29, 1.82) is 0 Å². The van der Waals surface area contributed by atoms with E-state index in [-0.39, 0.29) is 13.0 Å². The number of hydrogen-bond donors (Lipinski definition) is 2. The molecule has 37 heavy (non-hydrogen) atoms. The maximum atomic E-state index is 14.0. The summed E-state index contributed by atoms with van der Waals surface area (Å²) < 4.78 is 26.6. The van der Waals surface area contributed by atoms with E-state index in [2.05, 4.69) is 0 Å². The van der Waals surface area contributed by atoms with Crippen molar-refractivity contribution in [3.05, 3.63) is 69.7 Å². The number of piperidine rings is 1. The molecular formula is C26H30Cl2N2O6S. The van der Waals surface area contributed by atoms with Gasteiger partial charge in [-0.3, -0.25) is 9.59 Å². The van der Waals surface area contributed by atoms with Crippen molar-refractivity contribution < 1.29 is 28.2 Å². The average molecular weight is 570 g/mol. The van der Waals surface area contributed by atoms with E-state index < -0.39 is 57.2 Å². The van der Waals surface area contributed by atoms with Crippen LogP contribution in [0.5, 0.6) is 0 Å². The summed E-state index contributed by atoms with van der Waals surface area (Å²) in [6, 6.07) is 13.2. The highest BCUT2D eigenvalue weighted by Gasteiger charge is 2.53. The average Bonchev–Trinajstić information content (AvgIpc) is 3.67. The Morgan fingerprint density at radius 2 is 1.78 bits per heavy atom. The molecule has 0 aromatic heterocycles. The van der Waals surface area contributed by atoms with Crippen molar-refractivity contribution in [2.75, 3.05) is 13.6 Å². The maximum absolute atomic E-state index is 14.0. The number of aliphatic carboxylic acids is 1. The summed E-state index contributed by atoms with van der Waals surface area (Å²) in [6.07, 6.45) is -0.665. The zero-order chi connectivity index (χ0) is 27.1. The summed E-state index contributed by atoms with van der Waals surface area (Å²) in [5.41, 5.74) is 0.0935. The van der Waals surface area contributed by atoms with Crippen LogP contribution in [0.2, 0.25) is 10.0 Å². The van der Waals surface area contributed by atoms with E-state index in [1.165, 1.54) is 11.9 Å². The molecule has 4 rings (SSSR count). The molecule has 2 aliphatic rings. The molecule has 0 bridgehead atoms. The predicted octanol–water partition coefficient (Wildman–Crippen LogP) is 4.27. The van der Waals surface area contributed by atoms with E-state index in [0.29, 0.717) is 28.5 Å². The molecule has 0 radical (unpaired) electrons. The second-order valence-corrected chi connectivity index (χ2v) is 13.4. The van der Waals surface area contributed by atoms with Gasteiger partial charge in [0.1, 0.15) is 6.23 Å². The first-order chi connectivity index (χ1) is 17.3. The molecule has 11 heteroatoms. The van der Waals surface area contributed by atoms with Gasteiger partial charge in [0.2, 0.25) is 15.9 Å². The van der Waals surface area contributed by atoms with Gasteiger partial charge in [0, 0.05) is 23.0 Å². The third kappa shape index (κ3) is 5.81. The molecule has 0 spiro atoms. The summed E-state index contributed by atoms with van der Waals surface area (Å²) in [5.74, 6) is -2.15. The van der Waals surface area contributed by atoms with Gasteiger partial charge >= 0.3 is 5.97 Å². The standard InChI is InChI=1S/C26H30Cl2N2O6S/c1-26(14-23(32)33)13-21(17-4-3-5-19(28)12-17)24(16-6-8-18(27)9-7-16)30(25(26)34)22(31)15-29(2)37(35,36)20-10-11-20/h3-9,12,20-22,24,31H,10-11,13-15H2,1-2H3,(H,32,33)/t21-,22-,24?,26?/m1/s1. The lowest BCUT2D eigenvalue weighted by atomic mass is 9.67. The Morgan fingerprint density at radius 3 is 2.35 bits per heavy atom. The predicted molar refractivity (Wildman–Crippen MR) is 141 cm³/mol. The van der Waals surface area contributed by atoms with E-state index in [9.17, 15) is 28.2 Å². The van der Waals surface area contributed by atoms with Crippen LogP contribution in [-0.2, 0) is 19.6 Å². The van der Waals surface area contributed by atoms with Crippen molar-refractivity contribution >= 4 is 45.1 Å². The SMILES string of the molecule is CN(C[C@@H](O)N1C(=O)C(C)(CC(=O)O)C[C@H](c2cccc(Cl)c2)C1c1ccc(Cl)cc1)S(=O)(=O)C1CC1. The minimum atomic E-state index is -3.62. The second kappa shape index (κ2) is 10.5. The van der Waals surface area contributed by atoms with Gasteiger partial charge in [-0.1, -0.05) is 54.4 Å². The number of amides is 1. The highest BCUT2D eigenvalue weighted by atomic mass is 35.5. The third-order valence-electron chi connectivity index (χ3n) is 7.25. The third-order valence-corrected chi connectivity index (χ3v) is 10.1. The number of aliphatic hydroxyl groups is 1. The summed E-state index contributed by atoms with van der Waals surface area (Å²) in [6.45, 7) is 1.23. The largest absolute Gasteiger partial charge is 0.481 e. The van der Waals surface area contributed by atoms with Gasteiger partial charge < -0.3 is 15.1 Å². The van der Waals surface area contributed by atoms with E-state index in [4.69, 9.17) is 23.2 Å². The summed E-state index contributed by atoms with van der Waals surface area (Å²) in [7, 11) is -2.24. The molecule has 2 fully saturated rings. The molecular weight excluding hydrogens is 539 g/mol. The van der Waals surface area contributed by atoms with Crippen LogP contribution in [-0.4, -0.2) is 64.8 Å². The number of hydrogen-bond acceptors (Lipinski definition) is 5. The van der Waals surface area contributed by atoms with E-state index in [1.54, 1.807) is 49.4 Å². The van der Waals surface area contributed by atoms with Gasteiger partial charge in [0.15, 0.2) is 0 Å². The maximum Gasteiger partial charge on any atom is 0.304 e. The first-order valence-electron chi connectivity index (χ1n) is 12.0.